The zero-order valence-corrected chi connectivity index (χ0v) is 5.26. The second kappa shape index (κ2) is 2.53. The Morgan fingerprint density at radius 1 is 1.40 bits per heavy atom. The lowest BCUT2D eigenvalue weighted by Crippen LogP contribution is -2.08. The van der Waals surface area contributed by atoms with Gasteiger partial charge in [0, 0.05) is 5.69 Å². The third-order valence-electron chi connectivity index (χ3n) is 1.15. The molecule has 54 valence electrons. The molecule has 4 heteroatoms. The molecular weight excluding hydrogens is 133 g/mol. The standard InChI is InChI=1S/C6H8FN3/c7-5-2-1-4(8)3-6(5)10-9/h1-3,10H,8-9H2. The van der Waals surface area contributed by atoms with Crippen LogP contribution in [0.1, 0.15) is 0 Å². The van der Waals surface area contributed by atoms with Gasteiger partial charge in [0.25, 0.3) is 0 Å². The van der Waals surface area contributed by atoms with Crippen molar-refractivity contribution < 1.29 is 4.39 Å². The van der Waals surface area contributed by atoms with E-state index < -0.39 is 5.82 Å². The lowest BCUT2D eigenvalue weighted by atomic mass is 10.3. The van der Waals surface area contributed by atoms with Crippen molar-refractivity contribution in [2.75, 3.05) is 11.2 Å². The maximum atomic E-state index is 12.6. The van der Waals surface area contributed by atoms with Crippen LogP contribution in [0.2, 0.25) is 0 Å². The molecule has 5 N–H and O–H groups in total. The van der Waals surface area contributed by atoms with Crippen molar-refractivity contribution in [2.45, 2.75) is 0 Å². The van der Waals surface area contributed by atoms with Crippen LogP contribution in [-0.2, 0) is 0 Å². The summed E-state index contributed by atoms with van der Waals surface area (Å²) < 4.78 is 12.6. The molecule has 0 bridgehead atoms. The fourth-order valence-corrected chi connectivity index (χ4v) is 0.654. The molecule has 0 aliphatic rings. The minimum Gasteiger partial charge on any atom is -0.399 e. The Kier molecular flexibility index (Phi) is 1.73. The summed E-state index contributed by atoms with van der Waals surface area (Å²) in [5, 5.41) is 0. The molecule has 0 aromatic heterocycles. The molecule has 1 rings (SSSR count). The Morgan fingerprint density at radius 3 is 2.60 bits per heavy atom. The predicted octanol–water partition coefficient (Wildman–Crippen LogP) is 0.694. The highest BCUT2D eigenvalue weighted by atomic mass is 19.1. The first-order chi connectivity index (χ1) is 4.74. The summed E-state index contributed by atoms with van der Waals surface area (Å²) >= 11 is 0. The molecule has 0 atom stereocenters. The maximum Gasteiger partial charge on any atom is 0.147 e. The first-order valence-corrected chi connectivity index (χ1v) is 2.75. The maximum absolute atomic E-state index is 12.6. The van der Waals surface area contributed by atoms with Gasteiger partial charge in [-0.3, -0.25) is 5.84 Å². The predicted molar refractivity (Wildman–Crippen MR) is 38.6 cm³/mol. The molecule has 0 amide bonds. The summed E-state index contributed by atoms with van der Waals surface area (Å²) in [7, 11) is 0. The highest BCUT2D eigenvalue weighted by molar-refractivity contribution is 5.54. The van der Waals surface area contributed by atoms with Crippen LogP contribution in [0.4, 0.5) is 15.8 Å². The molecule has 3 nitrogen and oxygen atoms in total. The zero-order chi connectivity index (χ0) is 7.56. The van der Waals surface area contributed by atoms with E-state index in [1.807, 2.05) is 0 Å². The Bertz CT molecular complexity index is 236. The molecule has 0 aliphatic heterocycles. The van der Waals surface area contributed by atoms with Gasteiger partial charge in [-0.1, -0.05) is 0 Å². The number of halogens is 1. The number of nitrogens with one attached hydrogen (secondary N) is 1. The molecule has 0 saturated heterocycles. The average molecular weight is 141 g/mol. The van der Waals surface area contributed by atoms with Gasteiger partial charge in [-0.2, -0.15) is 0 Å². The first-order valence-electron chi connectivity index (χ1n) is 2.75. The second-order valence-electron chi connectivity index (χ2n) is 1.88. The average Bonchev–Trinajstić information content (AvgIpc) is 1.94. The van der Waals surface area contributed by atoms with E-state index in [0.29, 0.717) is 5.69 Å². The minimum absolute atomic E-state index is 0.208. The number of benzene rings is 1. The SMILES string of the molecule is NNc1cc(N)ccc1F. The van der Waals surface area contributed by atoms with E-state index in [1.165, 1.54) is 18.2 Å². The number of nitrogens with two attached hydrogens (primary N) is 2. The van der Waals surface area contributed by atoms with E-state index in [1.54, 1.807) is 0 Å². The van der Waals surface area contributed by atoms with Crippen molar-refractivity contribution in [1.29, 1.82) is 0 Å². The van der Waals surface area contributed by atoms with Crippen molar-refractivity contribution in [3.63, 3.8) is 0 Å². The molecule has 0 radical (unpaired) electrons. The van der Waals surface area contributed by atoms with Crippen molar-refractivity contribution in [1.82, 2.24) is 0 Å². The quantitative estimate of drug-likeness (QED) is 0.306. The molecule has 0 saturated carbocycles. The van der Waals surface area contributed by atoms with E-state index in [2.05, 4.69) is 5.43 Å². The van der Waals surface area contributed by atoms with E-state index in [9.17, 15) is 4.39 Å². The van der Waals surface area contributed by atoms with Crippen LogP contribution in [0, 0.1) is 5.82 Å². The normalized spacial score (nSPS) is 9.40. The minimum atomic E-state index is -0.406. The third-order valence-corrected chi connectivity index (χ3v) is 1.15. The van der Waals surface area contributed by atoms with Crippen molar-refractivity contribution in [3.05, 3.63) is 24.0 Å². The highest BCUT2D eigenvalue weighted by Gasteiger charge is 1.97. The van der Waals surface area contributed by atoms with Crippen LogP contribution in [0.15, 0.2) is 18.2 Å². The van der Waals surface area contributed by atoms with Gasteiger partial charge >= 0.3 is 0 Å². The fraction of sp³-hybridized carbons (Fsp3) is 0. The molecule has 10 heavy (non-hydrogen) atoms. The summed E-state index contributed by atoms with van der Waals surface area (Å²) in [5.74, 6) is 4.57. The van der Waals surface area contributed by atoms with Crippen LogP contribution in [0.5, 0.6) is 0 Å². The number of nitrogen functional groups attached to an aromatic ring is 2. The number of hydrazine groups is 1. The van der Waals surface area contributed by atoms with Gasteiger partial charge in [0.15, 0.2) is 0 Å². The fourth-order valence-electron chi connectivity index (χ4n) is 0.654. The Balaban J connectivity index is 3.09. The summed E-state index contributed by atoms with van der Waals surface area (Å²) in [6.07, 6.45) is 0. The second-order valence-corrected chi connectivity index (χ2v) is 1.88. The molecule has 0 aliphatic carbocycles. The van der Waals surface area contributed by atoms with E-state index in [4.69, 9.17) is 11.6 Å². The summed E-state index contributed by atoms with van der Waals surface area (Å²) in [4.78, 5) is 0. The number of hydrogen-bond acceptors (Lipinski definition) is 3. The molecule has 0 heterocycles. The van der Waals surface area contributed by atoms with Gasteiger partial charge < -0.3 is 11.2 Å². The Morgan fingerprint density at radius 2 is 2.10 bits per heavy atom. The van der Waals surface area contributed by atoms with Crippen LogP contribution in [0.3, 0.4) is 0 Å². The number of rotatable bonds is 1. The topological polar surface area (TPSA) is 64.1 Å². The molecule has 0 unspecified atom stereocenters. The number of hydrogen-bond donors (Lipinski definition) is 3. The van der Waals surface area contributed by atoms with E-state index >= 15 is 0 Å². The monoisotopic (exact) mass is 141 g/mol. The highest BCUT2D eigenvalue weighted by Crippen LogP contribution is 2.15. The molecule has 0 fully saturated rings. The van der Waals surface area contributed by atoms with Crippen LogP contribution in [0.25, 0.3) is 0 Å². The summed E-state index contributed by atoms with van der Waals surface area (Å²) in [6, 6.07) is 4.15. The smallest absolute Gasteiger partial charge is 0.147 e. The van der Waals surface area contributed by atoms with Gasteiger partial charge in [0.2, 0.25) is 0 Å². The van der Waals surface area contributed by atoms with E-state index in [0.717, 1.165) is 0 Å². The van der Waals surface area contributed by atoms with Gasteiger partial charge in [-0.15, -0.1) is 0 Å². The molecular formula is C6H8FN3. The van der Waals surface area contributed by atoms with Crippen molar-refractivity contribution in [2.24, 2.45) is 5.84 Å². The Hall–Kier alpha value is -1.29. The third kappa shape index (κ3) is 1.16. The molecule has 1 aromatic carbocycles. The van der Waals surface area contributed by atoms with Crippen molar-refractivity contribution >= 4 is 11.4 Å². The summed E-state index contributed by atoms with van der Waals surface area (Å²) in [5.41, 5.74) is 8.21. The molecule has 0 spiro atoms. The van der Waals surface area contributed by atoms with Crippen LogP contribution in [-0.4, -0.2) is 0 Å². The van der Waals surface area contributed by atoms with Gasteiger partial charge in [0.05, 0.1) is 5.69 Å². The van der Waals surface area contributed by atoms with E-state index in [-0.39, 0.29) is 5.69 Å². The first kappa shape index (κ1) is 6.82. The lowest BCUT2D eigenvalue weighted by Gasteiger charge is -2.01. The van der Waals surface area contributed by atoms with Gasteiger partial charge in [-0.05, 0) is 18.2 Å². The van der Waals surface area contributed by atoms with Gasteiger partial charge in [0.1, 0.15) is 5.82 Å². The Labute approximate surface area is 57.8 Å². The molecule has 1 aromatic rings. The summed E-state index contributed by atoms with van der Waals surface area (Å²) in [6.45, 7) is 0. The largest absolute Gasteiger partial charge is 0.399 e. The van der Waals surface area contributed by atoms with Gasteiger partial charge in [-0.25, -0.2) is 4.39 Å². The van der Waals surface area contributed by atoms with Crippen molar-refractivity contribution in [3.8, 4) is 0 Å². The van der Waals surface area contributed by atoms with Crippen LogP contribution < -0.4 is 17.0 Å². The number of anilines is 2. The van der Waals surface area contributed by atoms with Crippen LogP contribution >= 0.6 is 0 Å². The lowest BCUT2D eigenvalue weighted by molar-refractivity contribution is 0.631. The zero-order valence-electron chi connectivity index (χ0n) is 5.26.